The molecule has 138 valence electrons. The standard InChI is InChI=1S/C21H27N3O2/c1-15-16(2)21(20(26-14-25)13-18-8-10-22-11-9-18)24-23-19(15)12-17-6-4-3-5-7-17/h3-7,14,18,20,22H,8-13H2,1-2H3. The van der Waals surface area contributed by atoms with Crippen molar-refractivity contribution in [3.8, 4) is 0 Å². The van der Waals surface area contributed by atoms with Crippen LogP contribution in [-0.2, 0) is 16.0 Å². The topological polar surface area (TPSA) is 64.1 Å². The minimum absolute atomic E-state index is 0.312. The molecule has 5 nitrogen and oxygen atoms in total. The molecule has 26 heavy (non-hydrogen) atoms. The summed E-state index contributed by atoms with van der Waals surface area (Å²) >= 11 is 0. The number of aromatic nitrogens is 2. The fourth-order valence-corrected chi connectivity index (χ4v) is 3.65. The SMILES string of the molecule is Cc1c(Cc2ccccc2)nnc(C(CC2CCNCC2)OC=O)c1C. The van der Waals surface area contributed by atoms with E-state index in [1.54, 1.807) is 0 Å². The van der Waals surface area contributed by atoms with Gasteiger partial charge in [-0.2, -0.15) is 10.2 Å². The highest BCUT2D eigenvalue weighted by Crippen LogP contribution is 2.31. The molecule has 5 heteroatoms. The van der Waals surface area contributed by atoms with Crippen molar-refractivity contribution < 1.29 is 9.53 Å². The smallest absolute Gasteiger partial charge is 0.293 e. The summed E-state index contributed by atoms with van der Waals surface area (Å²) in [5.74, 6) is 0.548. The van der Waals surface area contributed by atoms with Crippen molar-refractivity contribution in [3.05, 3.63) is 58.4 Å². The Morgan fingerprint density at radius 2 is 1.88 bits per heavy atom. The maximum atomic E-state index is 11.1. The molecule has 1 unspecified atom stereocenters. The number of piperidine rings is 1. The molecule has 0 amide bonds. The van der Waals surface area contributed by atoms with Gasteiger partial charge in [-0.3, -0.25) is 4.79 Å². The Kier molecular flexibility index (Phi) is 6.34. The van der Waals surface area contributed by atoms with Gasteiger partial charge >= 0.3 is 0 Å². The molecule has 0 radical (unpaired) electrons. The van der Waals surface area contributed by atoms with Gasteiger partial charge in [0.05, 0.1) is 5.69 Å². The van der Waals surface area contributed by atoms with E-state index in [0.29, 0.717) is 12.4 Å². The second-order valence-corrected chi connectivity index (χ2v) is 7.09. The highest BCUT2D eigenvalue weighted by molar-refractivity contribution is 5.40. The third kappa shape index (κ3) is 4.47. The van der Waals surface area contributed by atoms with Crippen LogP contribution in [-0.4, -0.2) is 29.8 Å². The number of hydrogen-bond donors (Lipinski definition) is 1. The van der Waals surface area contributed by atoms with Crippen LogP contribution >= 0.6 is 0 Å². The van der Waals surface area contributed by atoms with Crippen LogP contribution in [0.2, 0.25) is 0 Å². The number of hydrogen-bond acceptors (Lipinski definition) is 5. The second-order valence-electron chi connectivity index (χ2n) is 7.09. The molecule has 0 aliphatic carbocycles. The van der Waals surface area contributed by atoms with Crippen LogP contribution in [0.1, 0.15) is 53.4 Å². The Morgan fingerprint density at radius 1 is 1.15 bits per heavy atom. The van der Waals surface area contributed by atoms with E-state index in [2.05, 4.69) is 41.5 Å². The van der Waals surface area contributed by atoms with Crippen LogP contribution in [0.3, 0.4) is 0 Å². The summed E-state index contributed by atoms with van der Waals surface area (Å²) in [4.78, 5) is 11.1. The Labute approximate surface area is 155 Å². The highest BCUT2D eigenvalue weighted by atomic mass is 16.5. The summed E-state index contributed by atoms with van der Waals surface area (Å²) in [7, 11) is 0. The average molecular weight is 353 g/mol. The number of carbonyl (C=O) groups excluding carboxylic acids is 1. The molecular weight excluding hydrogens is 326 g/mol. The lowest BCUT2D eigenvalue weighted by atomic mass is 9.89. The maximum absolute atomic E-state index is 11.1. The molecule has 2 heterocycles. The maximum Gasteiger partial charge on any atom is 0.293 e. The molecule has 1 aromatic heterocycles. The Balaban J connectivity index is 1.80. The molecule has 1 atom stereocenters. The first kappa shape index (κ1) is 18.5. The van der Waals surface area contributed by atoms with E-state index in [-0.39, 0.29) is 6.10 Å². The van der Waals surface area contributed by atoms with Gasteiger partial charge in [-0.05, 0) is 68.8 Å². The van der Waals surface area contributed by atoms with E-state index in [1.807, 2.05) is 18.2 Å². The van der Waals surface area contributed by atoms with Crippen LogP contribution in [0.25, 0.3) is 0 Å². The molecule has 0 spiro atoms. The van der Waals surface area contributed by atoms with E-state index in [0.717, 1.165) is 61.3 Å². The van der Waals surface area contributed by atoms with Crippen LogP contribution in [0.4, 0.5) is 0 Å². The van der Waals surface area contributed by atoms with Crippen molar-refractivity contribution in [2.75, 3.05) is 13.1 Å². The Hall–Kier alpha value is -2.27. The Morgan fingerprint density at radius 3 is 2.58 bits per heavy atom. The van der Waals surface area contributed by atoms with Crippen molar-refractivity contribution in [1.82, 2.24) is 15.5 Å². The third-order valence-electron chi connectivity index (χ3n) is 5.40. The minimum Gasteiger partial charge on any atom is -0.458 e. The number of ether oxygens (including phenoxy) is 1. The van der Waals surface area contributed by atoms with Crippen LogP contribution in [0.15, 0.2) is 30.3 Å². The summed E-state index contributed by atoms with van der Waals surface area (Å²) in [6, 6.07) is 10.3. The first-order chi connectivity index (χ1) is 12.7. The monoisotopic (exact) mass is 353 g/mol. The van der Waals surface area contributed by atoms with E-state index in [1.165, 1.54) is 5.56 Å². The molecular formula is C21H27N3O2. The van der Waals surface area contributed by atoms with Crippen molar-refractivity contribution in [2.45, 2.75) is 45.6 Å². The van der Waals surface area contributed by atoms with Gasteiger partial charge in [-0.25, -0.2) is 0 Å². The summed E-state index contributed by atoms with van der Waals surface area (Å²) < 4.78 is 5.42. The van der Waals surface area contributed by atoms with Gasteiger partial charge in [-0.1, -0.05) is 30.3 Å². The van der Waals surface area contributed by atoms with E-state index in [4.69, 9.17) is 4.74 Å². The predicted molar refractivity (Wildman–Crippen MR) is 101 cm³/mol. The molecule has 1 aliphatic rings. The summed E-state index contributed by atoms with van der Waals surface area (Å²) in [5, 5.41) is 12.3. The molecule has 1 N–H and O–H groups in total. The van der Waals surface area contributed by atoms with E-state index in [9.17, 15) is 4.79 Å². The fourth-order valence-electron chi connectivity index (χ4n) is 3.65. The van der Waals surface area contributed by atoms with Gasteiger partial charge in [0.15, 0.2) is 0 Å². The zero-order valence-electron chi connectivity index (χ0n) is 15.6. The molecule has 1 aromatic carbocycles. The van der Waals surface area contributed by atoms with Gasteiger partial charge in [0.1, 0.15) is 11.8 Å². The van der Waals surface area contributed by atoms with Gasteiger partial charge in [0.25, 0.3) is 6.47 Å². The molecule has 3 rings (SSSR count). The van der Waals surface area contributed by atoms with Crippen molar-refractivity contribution in [2.24, 2.45) is 5.92 Å². The number of nitrogens with zero attached hydrogens (tertiary/aromatic N) is 2. The first-order valence-corrected chi connectivity index (χ1v) is 9.35. The van der Waals surface area contributed by atoms with Gasteiger partial charge in [0, 0.05) is 6.42 Å². The number of carbonyl (C=O) groups is 1. The quantitative estimate of drug-likeness (QED) is 0.774. The lowest BCUT2D eigenvalue weighted by molar-refractivity contribution is -0.135. The van der Waals surface area contributed by atoms with E-state index < -0.39 is 0 Å². The predicted octanol–water partition coefficient (Wildman–Crippen LogP) is 3.29. The summed E-state index contributed by atoms with van der Waals surface area (Å²) in [6.07, 6.45) is 3.47. The number of rotatable bonds is 7. The second kappa shape index (κ2) is 8.90. The Bertz CT molecular complexity index is 728. The molecule has 0 saturated carbocycles. The number of nitrogens with one attached hydrogen (secondary N) is 1. The van der Waals surface area contributed by atoms with Gasteiger partial charge in [-0.15, -0.1) is 0 Å². The zero-order chi connectivity index (χ0) is 18.4. The normalized spacial score (nSPS) is 16.2. The van der Waals surface area contributed by atoms with Gasteiger partial charge < -0.3 is 10.1 Å². The highest BCUT2D eigenvalue weighted by Gasteiger charge is 2.25. The largest absolute Gasteiger partial charge is 0.458 e. The van der Waals surface area contributed by atoms with Crippen LogP contribution in [0.5, 0.6) is 0 Å². The molecule has 1 fully saturated rings. The molecule has 1 aliphatic heterocycles. The minimum atomic E-state index is -0.312. The average Bonchev–Trinajstić information content (AvgIpc) is 2.67. The fraction of sp³-hybridized carbons (Fsp3) is 0.476. The molecule has 2 aromatic rings. The first-order valence-electron chi connectivity index (χ1n) is 9.35. The van der Waals surface area contributed by atoms with E-state index >= 15 is 0 Å². The molecule has 0 bridgehead atoms. The lowest BCUT2D eigenvalue weighted by Crippen LogP contribution is -2.29. The van der Waals surface area contributed by atoms with Crippen molar-refractivity contribution in [1.29, 1.82) is 0 Å². The number of benzene rings is 1. The van der Waals surface area contributed by atoms with Crippen LogP contribution in [0, 0.1) is 19.8 Å². The van der Waals surface area contributed by atoms with Gasteiger partial charge in [0.2, 0.25) is 0 Å². The zero-order valence-corrected chi connectivity index (χ0v) is 15.6. The third-order valence-corrected chi connectivity index (χ3v) is 5.40. The van der Waals surface area contributed by atoms with Crippen molar-refractivity contribution >= 4 is 6.47 Å². The van der Waals surface area contributed by atoms with Crippen molar-refractivity contribution in [3.63, 3.8) is 0 Å². The lowest BCUT2D eigenvalue weighted by Gasteiger charge is -2.26. The van der Waals surface area contributed by atoms with Crippen LogP contribution < -0.4 is 5.32 Å². The molecule has 1 saturated heterocycles. The summed E-state index contributed by atoms with van der Waals surface area (Å²) in [5.41, 5.74) is 5.19. The summed E-state index contributed by atoms with van der Waals surface area (Å²) in [6.45, 7) is 6.72.